The van der Waals surface area contributed by atoms with E-state index in [0.29, 0.717) is 5.56 Å². The Balaban J connectivity index is 2.47. The van der Waals surface area contributed by atoms with Crippen molar-refractivity contribution in [2.75, 3.05) is 0 Å². The highest BCUT2D eigenvalue weighted by Gasteiger charge is 2.46. The van der Waals surface area contributed by atoms with Gasteiger partial charge in [0.1, 0.15) is 0 Å². The van der Waals surface area contributed by atoms with Crippen LogP contribution >= 0.6 is 0 Å². The topological polar surface area (TPSA) is 27.7 Å². The summed E-state index contributed by atoms with van der Waals surface area (Å²) in [7, 11) is -3.22. The lowest BCUT2D eigenvalue weighted by molar-refractivity contribution is 0.0153. The zero-order valence-electron chi connectivity index (χ0n) is 17.1. The monoisotopic (exact) mass is 412 g/mol. The third-order valence-electron chi connectivity index (χ3n) is 3.73. The van der Waals surface area contributed by atoms with Gasteiger partial charge in [0, 0.05) is 23.5 Å². The maximum atomic E-state index is 13.6. The molecule has 0 bridgehead atoms. The van der Waals surface area contributed by atoms with Gasteiger partial charge >= 0.3 is 8.80 Å². The molecule has 28 heavy (non-hydrogen) atoms. The molecular weight excluding hydrogens is 385 g/mol. The molecule has 0 aliphatic carbocycles. The van der Waals surface area contributed by atoms with Gasteiger partial charge in [0.15, 0.2) is 17.5 Å². The molecule has 0 aromatic heterocycles. The lowest BCUT2D eigenvalue weighted by atomic mass is 10.1. The summed E-state index contributed by atoms with van der Waals surface area (Å²) in [6.07, 6.45) is -0.364. The summed E-state index contributed by atoms with van der Waals surface area (Å²) >= 11 is 0. The molecule has 0 fully saturated rings. The highest BCUT2D eigenvalue weighted by molar-refractivity contribution is 6.75. The number of halogens is 3. The molecule has 0 heterocycles. The average molecular weight is 413 g/mol. The second-order valence-electron chi connectivity index (χ2n) is 7.39. The molecule has 0 aliphatic rings. The van der Waals surface area contributed by atoms with Crippen molar-refractivity contribution < 1.29 is 26.4 Å². The first kappa shape index (κ1) is 22.6. The first-order valence-corrected chi connectivity index (χ1v) is 11.1. The van der Waals surface area contributed by atoms with Crippen molar-refractivity contribution in [1.82, 2.24) is 0 Å². The van der Waals surface area contributed by atoms with Crippen LogP contribution in [-0.2, 0) is 13.3 Å². The second-order valence-corrected chi connectivity index (χ2v) is 9.78. The van der Waals surface area contributed by atoms with Gasteiger partial charge in [0.05, 0.1) is 0 Å². The number of hydrogen-bond donors (Lipinski definition) is 0. The van der Waals surface area contributed by atoms with Crippen molar-refractivity contribution >= 4 is 14.0 Å². The van der Waals surface area contributed by atoms with E-state index < -0.39 is 26.3 Å². The van der Waals surface area contributed by atoms with E-state index in [0.717, 1.165) is 17.3 Å². The van der Waals surface area contributed by atoms with Crippen LogP contribution in [-0.4, -0.2) is 27.1 Å². The standard InChI is InChI=1S/C21H27F3O3Si/c1-13(2)25-28(26-14(3)4,27-15(5)6)18-9-7-16(8-10-18)17-11-19(22)21(24)20(23)12-17/h7-15H,1-6H3. The lowest BCUT2D eigenvalue weighted by Crippen LogP contribution is -2.60. The van der Waals surface area contributed by atoms with Crippen LogP contribution in [0.4, 0.5) is 13.2 Å². The zero-order valence-corrected chi connectivity index (χ0v) is 18.1. The minimum absolute atomic E-state index is 0.121. The first-order chi connectivity index (χ1) is 13.0. The minimum Gasteiger partial charge on any atom is -0.367 e. The summed E-state index contributed by atoms with van der Waals surface area (Å²) in [4.78, 5) is 0. The lowest BCUT2D eigenvalue weighted by Gasteiger charge is -2.34. The summed E-state index contributed by atoms with van der Waals surface area (Å²) in [6.45, 7) is 11.5. The third kappa shape index (κ3) is 5.44. The van der Waals surface area contributed by atoms with Crippen molar-refractivity contribution in [3.05, 3.63) is 53.8 Å². The van der Waals surface area contributed by atoms with E-state index in [1.807, 2.05) is 41.5 Å². The molecule has 154 valence electrons. The van der Waals surface area contributed by atoms with Crippen LogP contribution < -0.4 is 5.19 Å². The Labute approximate surface area is 165 Å². The van der Waals surface area contributed by atoms with E-state index in [9.17, 15) is 13.2 Å². The molecule has 0 saturated carbocycles. The van der Waals surface area contributed by atoms with Crippen LogP contribution in [0.15, 0.2) is 36.4 Å². The van der Waals surface area contributed by atoms with E-state index in [1.165, 1.54) is 0 Å². The summed E-state index contributed by atoms with van der Waals surface area (Å²) in [5.74, 6) is -3.93. The van der Waals surface area contributed by atoms with Gasteiger partial charge in [-0.1, -0.05) is 24.3 Å². The van der Waals surface area contributed by atoms with Crippen LogP contribution in [0, 0.1) is 17.5 Å². The molecule has 0 unspecified atom stereocenters. The first-order valence-electron chi connectivity index (χ1n) is 9.33. The van der Waals surface area contributed by atoms with Gasteiger partial charge in [-0.05, 0) is 64.8 Å². The Morgan fingerprint density at radius 2 is 1.04 bits per heavy atom. The molecule has 0 aliphatic heterocycles. The number of benzene rings is 2. The minimum atomic E-state index is -3.22. The molecule has 7 heteroatoms. The maximum absolute atomic E-state index is 13.6. The van der Waals surface area contributed by atoms with Crippen LogP contribution in [0.3, 0.4) is 0 Å². The molecule has 2 rings (SSSR count). The average Bonchev–Trinajstić information content (AvgIpc) is 2.57. The summed E-state index contributed by atoms with van der Waals surface area (Å²) in [5, 5.41) is 0.746. The van der Waals surface area contributed by atoms with Gasteiger partial charge in [-0.2, -0.15) is 0 Å². The highest BCUT2D eigenvalue weighted by Crippen LogP contribution is 2.25. The van der Waals surface area contributed by atoms with Crippen molar-refractivity contribution in [1.29, 1.82) is 0 Å². The zero-order chi connectivity index (χ0) is 21.1. The van der Waals surface area contributed by atoms with Crippen molar-refractivity contribution in [2.24, 2.45) is 0 Å². The number of hydrogen-bond acceptors (Lipinski definition) is 3. The third-order valence-corrected chi connectivity index (χ3v) is 7.11. The van der Waals surface area contributed by atoms with E-state index in [2.05, 4.69) is 0 Å². The fourth-order valence-corrected chi connectivity index (χ4v) is 5.82. The van der Waals surface area contributed by atoms with Crippen molar-refractivity contribution in [3.63, 3.8) is 0 Å². The molecule has 3 nitrogen and oxygen atoms in total. The summed E-state index contributed by atoms with van der Waals surface area (Å²) < 4.78 is 58.8. The van der Waals surface area contributed by atoms with E-state index >= 15 is 0 Å². The summed E-state index contributed by atoms with van der Waals surface area (Å²) in [6, 6.07) is 8.87. The molecule has 2 aromatic carbocycles. The normalized spacial score (nSPS) is 12.4. The van der Waals surface area contributed by atoms with Crippen LogP contribution in [0.5, 0.6) is 0 Å². The second kappa shape index (κ2) is 9.22. The van der Waals surface area contributed by atoms with Gasteiger partial charge in [-0.25, -0.2) is 13.2 Å². The van der Waals surface area contributed by atoms with E-state index in [-0.39, 0.29) is 23.9 Å². The van der Waals surface area contributed by atoms with Crippen LogP contribution in [0.25, 0.3) is 11.1 Å². The Kier molecular flexibility index (Phi) is 7.44. The van der Waals surface area contributed by atoms with Crippen molar-refractivity contribution in [2.45, 2.75) is 59.9 Å². The van der Waals surface area contributed by atoms with E-state index in [1.54, 1.807) is 24.3 Å². The molecular formula is C21H27F3O3Si. The largest absolute Gasteiger partial charge is 0.537 e. The molecule has 0 saturated heterocycles. The molecule has 0 spiro atoms. The van der Waals surface area contributed by atoms with Crippen LogP contribution in [0.1, 0.15) is 41.5 Å². The predicted molar refractivity (Wildman–Crippen MR) is 106 cm³/mol. The maximum Gasteiger partial charge on any atom is 0.537 e. The van der Waals surface area contributed by atoms with Crippen LogP contribution in [0.2, 0.25) is 0 Å². The van der Waals surface area contributed by atoms with Gasteiger partial charge in [0.2, 0.25) is 0 Å². The quantitative estimate of drug-likeness (QED) is 0.441. The SMILES string of the molecule is CC(C)O[Si](OC(C)C)(OC(C)C)c1ccc(-c2cc(F)c(F)c(F)c2)cc1. The Hall–Kier alpha value is -1.67. The van der Waals surface area contributed by atoms with Gasteiger partial charge in [-0.3, -0.25) is 0 Å². The van der Waals surface area contributed by atoms with Gasteiger partial charge in [0.25, 0.3) is 0 Å². The Bertz CT molecular complexity index is 742. The van der Waals surface area contributed by atoms with E-state index in [4.69, 9.17) is 13.3 Å². The molecule has 2 aromatic rings. The van der Waals surface area contributed by atoms with Gasteiger partial charge in [-0.15, -0.1) is 0 Å². The van der Waals surface area contributed by atoms with Crippen molar-refractivity contribution in [3.8, 4) is 11.1 Å². The highest BCUT2D eigenvalue weighted by atomic mass is 28.4. The van der Waals surface area contributed by atoms with Gasteiger partial charge < -0.3 is 13.3 Å². The smallest absolute Gasteiger partial charge is 0.367 e. The fourth-order valence-electron chi connectivity index (χ4n) is 2.81. The molecule has 0 atom stereocenters. The predicted octanol–water partition coefficient (Wildman–Crippen LogP) is 5.19. The summed E-state index contributed by atoms with van der Waals surface area (Å²) in [5.41, 5.74) is 0.789. The molecule has 0 N–H and O–H groups in total. The molecule has 0 radical (unpaired) electrons. The number of rotatable bonds is 8. The Morgan fingerprint density at radius 3 is 1.39 bits per heavy atom. The Morgan fingerprint density at radius 1 is 0.643 bits per heavy atom. The fraction of sp³-hybridized carbons (Fsp3) is 0.429. The molecule has 0 amide bonds.